The third kappa shape index (κ3) is 4.21. The molecule has 0 spiro atoms. The lowest BCUT2D eigenvalue weighted by Gasteiger charge is -2.10. The van der Waals surface area contributed by atoms with E-state index in [2.05, 4.69) is 105 Å². The lowest BCUT2D eigenvalue weighted by molar-refractivity contribution is 1.18. The Labute approximate surface area is 189 Å². The van der Waals surface area contributed by atoms with Crippen LogP contribution in [0.4, 0.5) is 0 Å². The molecule has 1 aromatic heterocycles. The molecule has 5 aromatic rings. The first-order valence-corrected chi connectivity index (χ1v) is 10.8. The van der Waals surface area contributed by atoms with Gasteiger partial charge in [0.05, 0.1) is 11.4 Å². The van der Waals surface area contributed by atoms with Crippen LogP contribution in [-0.4, -0.2) is 9.97 Å². The summed E-state index contributed by atoms with van der Waals surface area (Å²) in [5.41, 5.74) is 9.92. The van der Waals surface area contributed by atoms with Crippen LogP contribution < -0.4 is 0 Å². The van der Waals surface area contributed by atoms with Gasteiger partial charge in [0.15, 0.2) is 5.82 Å². The SMILES string of the molecule is Cc1ccc(-c2ccc(-c3nc(-c4ccccc4)cc(-c4cccc(C)c4)n3)cc2)cc1. The largest absolute Gasteiger partial charge is 0.228 e. The second-order valence-electron chi connectivity index (χ2n) is 8.14. The summed E-state index contributed by atoms with van der Waals surface area (Å²) in [5, 5.41) is 0. The van der Waals surface area contributed by atoms with Crippen molar-refractivity contribution in [1.82, 2.24) is 9.97 Å². The Hall–Kier alpha value is -4.04. The number of hydrogen-bond donors (Lipinski definition) is 0. The maximum atomic E-state index is 4.94. The summed E-state index contributed by atoms with van der Waals surface area (Å²) < 4.78 is 0. The Balaban J connectivity index is 1.59. The molecule has 4 aromatic carbocycles. The van der Waals surface area contributed by atoms with E-state index in [-0.39, 0.29) is 0 Å². The first-order valence-electron chi connectivity index (χ1n) is 10.8. The van der Waals surface area contributed by atoms with Gasteiger partial charge in [-0.3, -0.25) is 0 Å². The molecule has 0 radical (unpaired) electrons. The predicted octanol–water partition coefficient (Wildman–Crippen LogP) is 7.76. The molecule has 0 aliphatic heterocycles. The molecule has 2 heteroatoms. The minimum Gasteiger partial charge on any atom is -0.228 e. The van der Waals surface area contributed by atoms with Gasteiger partial charge in [-0.15, -0.1) is 0 Å². The highest BCUT2D eigenvalue weighted by atomic mass is 14.9. The Morgan fingerprint density at radius 3 is 1.62 bits per heavy atom. The zero-order valence-electron chi connectivity index (χ0n) is 18.3. The van der Waals surface area contributed by atoms with Gasteiger partial charge in [0.25, 0.3) is 0 Å². The molecule has 2 nitrogen and oxygen atoms in total. The zero-order chi connectivity index (χ0) is 21.9. The molecule has 154 valence electrons. The monoisotopic (exact) mass is 412 g/mol. The van der Waals surface area contributed by atoms with Crippen molar-refractivity contribution in [2.45, 2.75) is 13.8 Å². The Kier molecular flexibility index (Phi) is 5.35. The van der Waals surface area contributed by atoms with Gasteiger partial charge in [-0.1, -0.05) is 108 Å². The van der Waals surface area contributed by atoms with Crippen molar-refractivity contribution in [3.8, 4) is 45.0 Å². The minimum absolute atomic E-state index is 0.735. The molecule has 0 atom stereocenters. The topological polar surface area (TPSA) is 25.8 Å². The van der Waals surface area contributed by atoms with Crippen LogP contribution in [0.15, 0.2) is 109 Å². The second kappa shape index (κ2) is 8.60. The van der Waals surface area contributed by atoms with Gasteiger partial charge in [0.1, 0.15) is 0 Å². The smallest absolute Gasteiger partial charge is 0.160 e. The van der Waals surface area contributed by atoms with E-state index >= 15 is 0 Å². The molecule has 32 heavy (non-hydrogen) atoms. The molecular formula is C30H24N2. The molecule has 0 aliphatic rings. The van der Waals surface area contributed by atoms with Gasteiger partial charge in [0.2, 0.25) is 0 Å². The van der Waals surface area contributed by atoms with E-state index in [0.717, 1.165) is 33.9 Å². The number of nitrogens with zero attached hydrogens (tertiary/aromatic N) is 2. The van der Waals surface area contributed by atoms with E-state index in [0.29, 0.717) is 0 Å². The fraction of sp³-hybridized carbons (Fsp3) is 0.0667. The molecule has 5 rings (SSSR count). The highest BCUT2D eigenvalue weighted by molar-refractivity contribution is 5.73. The Morgan fingerprint density at radius 2 is 0.969 bits per heavy atom. The summed E-state index contributed by atoms with van der Waals surface area (Å²) in [6.45, 7) is 4.21. The van der Waals surface area contributed by atoms with Gasteiger partial charge < -0.3 is 0 Å². The van der Waals surface area contributed by atoms with E-state index in [4.69, 9.17) is 9.97 Å². The van der Waals surface area contributed by atoms with Crippen LogP contribution in [0.3, 0.4) is 0 Å². The van der Waals surface area contributed by atoms with Crippen molar-refractivity contribution in [2.24, 2.45) is 0 Å². The highest BCUT2D eigenvalue weighted by Crippen LogP contribution is 2.29. The molecule has 0 bridgehead atoms. The van der Waals surface area contributed by atoms with Crippen molar-refractivity contribution in [1.29, 1.82) is 0 Å². The molecule has 1 heterocycles. The molecule has 0 aliphatic carbocycles. The normalized spacial score (nSPS) is 10.8. The quantitative estimate of drug-likeness (QED) is 0.301. The maximum absolute atomic E-state index is 4.94. The second-order valence-corrected chi connectivity index (χ2v) is 8.14. The standard InChI is InChI=1S/C30H24N2/c1-21-11-13-23(14-12-21)24-15-17-26(18-16-24)30-31-28(25-8-4-3-5-9-25)20-29(32-30)27-10-6-7-22(2)19-27/h3-20H,1-2H3. The summed E-state index contributed by atoms with van der Waals surface area (Å²) in [5.74, 6) is 0.735. The first-order chi connectivity index (χ1) is 15.7. The van der Waals surface area contributed by atoms with Gasteiger partial charge in [-0.25, -0.2) is 9.97 Å². The highest BCUT2D eigenvalue weighted by Gasteiger charge is 2.11. The van der Waals surface area contributed by atoms with Crippen LogP contribution in [0, 0.1) is 13.8 Å². The lowest BCUT2D eigenvalue weighted by Crippen LogP contribution is -1.96. The third-order valence-corrected chi connectivity index (χ3v) is 5.64. The van der Waals surface area contributed by atoms with Crippen LogP contribution in [-0.2, 0) is 0 Å². The van der Waals surface area contributed by atoms with Crippen molar-refractivity contribution in [2.75, 3.05) is 0 Å². The van der Waals surface area contributed by atoms with Gasteiger partial charge in [0, 0.05) is 16.7 Å². The number of benzene rings is 4. The summed E-state index contributed by atoms with van der Waals surface area (Å²) >= 11 is 0. The van der Waals surface area contributed by atoms with Gasteiger partial charge in [-0.05, 0) is 37.1 Å². The number of hydrogen-bond acceptors (Lipinski definition) is 2. The summed E-state index contributed by atoms with van der Waals surface area (Å²) in [7, 11) is 0. The Bertz CT molecular complexity index is 1350. The van der Waals surface area contributed by atoms with E-state index in [1.54, 1.807) is 0 Å². The number of aryl methyl sites for hydroxylation is 2. The minimum atomic E-state index is 0.735. The van der Waals surface area contributed by atoms with Crippen LogP contribution in [0.1, 0.15) is 11.1 Å². The van der Waals surface area contributed by atoms with E-state index in [9.17, 15) is 0 Å². The van der Waals surface area contributed by atoms with E-state index in [1.807, 2.05) is 18.2 Å². The molecule has 0 saturated carbocycles. The molecule has 0 saturated heterocycles. The van der Waals surface area contributed by atoms with Crippen molar-refractivity contribution in [3.63, 3.8) is 0 Å². The van der Waals surface area contributed by atoms with Crippen LogP contribution in [0.25, 0.3) is 45.0 Å². The van der Waals surface area contributed by atoms with Gasteiger partial charge >= 0.3 is 0 Å². The zero-order valence-corrected chi connectivity index (χ0v) is 18.3. The van der Waals surface area contributed by atoms with Crippen molar-refractivity contribution >= 4 is 0 Å². The summed E-state index contributed by atoms with van der Waals surface area (Å²) in [6.07, 6.45) is 0. The maximum Gasteiger partial charge on any atom is 0.160 e. The number of rotatable bonds is 4. The molecule has 0 amide bonds. The van der Waals surface area contributed by atoms with Crippen LogP contribution in [0.5, 0.6) is 0 Å². The first kappa shape index (κ1) is 19.9. The van der Waals surface area contributed by atoms with E-state index in [1.165, 1.54) is 22.3 Å². The molecule has 0 unspecified atom stereocenters. The molecular weight excluding hydrogens is 388 g/mol. The fourth-order valence-corrected chi connectivity index (χ4v) is 3.84. The average Bonchev–Trinajstić information content (AvgIpc) is 2.85. The third-order valence-electron chi connectivity index (χ3n) is 5.64. The fourth-order valence-electron chi connectivity index (χ4n) is 3.84. The van der Waals surface area contributed by atoms with Crippen LogP contribution in [0.2, 0.25) is 0 Å². The van der Waals surface area contributed by atoms with Crippen molar-refractivity contribution < 1.29 is 0 Å². The molecule has 0 N–H and O–H groups in total. The molecule has 0 fully saturated rings. The number of aromatic nitrogens is 2. The average molecular weight is 413 g/mol. The lowest BCUT2D eigenvalue weighted by atomic mass is 10.0. The van der Waals surface area contributed by atoms with Crippen LogP contribution >= 0.6 is 0 Å². The van der Waals surface area contributed by atoms with Crippen molar-refractivity contribution in [3.05, 3.63) is 120 Å². The predicted molar refractivity (Wildman–Crippen MR) is 133 cm³/mol. The Morgan fingerprint density at radius 1 is 0.406 bits per heavy atom. The van der Waals surface area contributed by atoms with Gasteiger partial charge in [-0.2, -0.15) is 0 Å². The summed E-state index contributed by atoms with van der Waals surface area (Å²) in [6, 6.07) is 37.9. The van der Waals surface area contributed by atoms with E-state index < -0.39 is 0 Å². The summed E-state index contributed by atoms with van der Waals surface area (Å²) in [4.78, 5) is 9.87.